The third kappa shape index (κ3) is 5.47. The molecule has 2 heterocycles. The van der Waals surface area contributed by atoms with Crippen molar-refractivity contribution in [2.75, 3.05) is 24.8 Å². The lowest BCUT2D eigenvalue weighted by Crippen LogP contribution is -2.03. The van der Waals surface area contributed by atoms with E-state index in [1.807, 2.05) is 39.1 Å². The van der Waals surface area contributed by atoms with Gasteiger partial charge in [-0.1, -0.05) is 0 Å². The highest BCUT2D eigenvalue weighted by atomic mass is 16.5. The lowest BCUT2D eigenvalue weighted by atomic mass is 10.0. The summed E-state index contributed by atoms with van der Waals surface area (Å²) in [6.45, 7) is 3.99. The van der Waals surface area contributed by atoms with Crippen LogP contribution >= 0.6 is 0 Å². The summed E-state index contributed by atoms with van der Waals surface area (Å²) < 4.78 is 7.67. The molecule has 0 bridgehead atoms. The first-order chi connectivity index (χ1) is 14.0. The number of ether oxygens (including phenoxy) is 1. The molecular formula is C22H30N6O. The second-order valence-electron chi connectivity index (χ2n) is 7.24. The number of aryl methyl sites for hydroxylation is 5. The molecule has 0 aliphatic carbocycles. The van der Waals surface area contributed by atoms with Crippen LogP contribution in [0.2, 0.25) is 0 Å². The largest absolute Gasteiger partial charge is 0.496 e. The van der Waals surface area contributed by atoms with Crippen molar-refractivity contribution in [2.24, 2.45) is 7.05 Å². The normalized spacial score (nSPS) is 10.8. The van der Waals surface area contributed by atoms with Crippen LogP contribution in [0.15, 0.2) is 30.5 Å². The molecule has 0 unspecified atom stereocenters. The third-order valence-corrected chi connectivity index (χ3v) is 4.84. The SMILES string of the molecule is CNc1cc(C)nc(Nc2ccc(OC)c(CCCCc3nc(C)cn3C)c2)n1. The van der Waals surface area contributed by atoms with E-state index < -0.39 is 0 Å². The Bertz CT molecular complexity index is 966. The quantitative estimate of drug-likeness (QED) is 0.530. The molecule has 3 aromatic rings. The van der Waals surface area contributed by atoms with Crippen LogP contribution in [-0.4, -0.2) is 33.7 Å². The summed E-state index contributed by atoms with van der Waals surface area (Å²) in [7, 11) is 5.62. The van der Waals surface area contributed by atoms with E-state index in [0.717, 1.165) is 60.2 Å². The van der Waals surface area contributed by atoms with Crippen molar-refractivity contribution < 1.29 is 4.74 Å². The number of unbranched alkanes of at least 4 members (excludes halogenated alkanes) is 1. The zero-order valence-electron chi connectivity index (χ0n) is 17.9. The minimum Gasteiger partial charge on any atom is -0.496 e. The number of methoxy groups -OCH3 is 1. The molecule has 0 atom stereocenters. The number of imidazole rings is 1. The molecule has 154 valence electrons. The smallest absolute Gasteiger partial charge is 0.229 e. The predicted octanol–water partition coefficient (Wildman–Crippen LogP) is 4.19. The highest BCUT2D eigenvalue weighted by Crippen LogP contribution is 2.26. The Labute approximate surface area is 172 Å². The van der Waals surface area contributed by atoms with Gasteiger partial charge < -0.3 is 19.9 Å². The van der Waals surface area contributed by atoms with Crippen molar-refractivity contribution in [3.05, 3.63) is 53.2 Å². The monoisotopic (exact) mass is 394 g/mol. The van der Waals surface area contributed by atoms with Crippen molar-refractivity contribution in [3.63, 3.8) is 0 Å². The maximum absolute atomic E-state index is 5.56. The van der Waals surface area contributed by atoms with Gasteiger partial charge in [0.15, 0.2) is 0 Å². The number of rotatable bonds is 9. The van der Waals surface area contributed by atoms with Gasteiger partial charge in [0, 0.05) is 44.2 Å². The first kappa shape index (κ1) is 20.6. The maximum atomic E-state index is 5.56. The van der Waals surface area contributed by atoms with Crippen LogP contribution < -0.4 is 15.4 Å². The third-order valence-electron chi connectivity index (χ3n) is 4.84. The number of nitrogens with zero attached hydrogens (tertiary/aromatic N) is 4. The van der Waals surface area contributed by atoms with Gasteiger partial charge in [0.2, 0.25) is 5.95 Å². The standard InChI is InChI=1S/C22H30N6O/c1-15-12-20(23-3)27-22(25-15)26-18-10-11-19(29-5)17(13-18)8-6-7-9-21-24-16(2)14-28(21)4/h10-14H,6-9H2,1-5H3,(H2,23,25,26,27). The van der Waals surface area contributed by atoms with Crippen molar-refractivity contribution in [2.45, 2.75) is 39.5 Å². The fourth-order valence-electron chi connectivity index (χ4n) is 3.43. The molecule has 1 aromatic carbocycles. The van der Waals surface area contributed by atoms with E-state index in [4.69, 9.17) is 4.74 Å². The van der Waals surface area contributed by atoms with E-state index in [1.165, 1.54) is 5.56 Å². The number of anilines is 3. The van der Waals surface area contributed by atoms with Crippen molar-refractivity contribution in [1.29, 1.82) is 0 Å². The lowest BCUT2D eigenvalue weighted by Gasteiger charge is -2.12. The Balaban J connectivity index is 1.65. The average molecular weight is 395 g/mol. The molecule has 0 saturated heterocycles. The Kier molecular flexibility index (Phi) is 6.69. The van der Waals surface area contributed by atoms with E-state index >= 15 is 0 Å². The predicted molar refractivity (Wildman–Crippen MR) is 117 cm³/mol. The van der Waals surface area contributed by atoms with Gasteiger partial charge in [-0.2, -0.15) is 4.98 Å². The minimum absolute atomic E-state index is 0.579. The number of hydrogen-bond donors (Lipinski definition) is 2. The molecule has 0 aliphatic rings. The fourth-order valence-corrected chi connectivity index (χ4v) is 3.43. The minimum atomic E-state index is 0.579. The van der Waals surface area contributed by atoms with Crippen LogP contribution in [0.1, 0.15) is 35.6 Å². The molecule has 7 heteroatoms. The number of nitrogens with one attached hydrogen (secondary N) is 2. The van der Waals surface area contributed by atoms with Gasteiger partial charge in [-0.15, -0.1) is 0 Å². The van der Waals surface area contributed by atoms with Gasteiger partial charge in [-0.05, 0) is 56.9 Å². The van der Waals surface area contributed by atoms with Gasteiger partial charge >= 0.3 is 0 Å². The maximum Gasteiger partial charge on any atom is 0.229 e. The Morgan fingerprint density at radius 1 is 1.00 bits per heavy atom. The van der Waals surface area contributed by atoms with Crippen LogP contribution in [-0.2, 0) is 19.9 Å². The highest BCUT2D eigenvalue weighted by Gasteiger charge is 2.08. The van der Waals surface area contributed by atoms with E-state index in [1.54, 1.807) is 7.11 Å². The molecule has 0 fully saturated rings. The van der Waals surface area contributed by atoms with E-state index in [9.17, 15) is 0 Å². The van der Waals surface area contributed by atoms with Gasteiger partial charge in [0.1, 0.15) is 17.4 Å². The summed E-state index contributed by atoms with van der Waals surface area (Å²) in [5.74, 6) is 3.42. The first-order valence-corrected chi connectivity index (χ1v) is 9.94. The fraction of sp³-hybridized carbons (Fsp3) is 0.409. The van der Waals surface area contributed by atoms with Gasteiger partial charge in [0.05, 0.1) is 12.8 Å². The Morgan fingerprint density at radius 3 is 2.48 bits per heavy atom. The molecule has 2 N–H and O–H groups in total. The molecule has 0 saturated carbocycles. The number of aromatic nitrogens is 4. The van der Waals surface area contributed by atoms with E-state index in [0.29, 0.717) is 5.95 Å². The number of benzene rings is 1. The van der Waals surface area contributed by atoms with Crippen LogP contribution in [0.3, 0.4) is 0 Å². The molecule has 0 amide bonds. The summed E-state index contributed by atoms with van der Waals surface area (Å²) >= 11 is 0. The summed E-state index contributed by atoms with van der Waals surface area (Å²) in [6, 6.07) is 8.01. The Morgan fingerprint density at radius 2 is 1.79 bits per heavy atom. The van der Waals surface area contributed by atoms with Gasteiger partial charge in [0.25, 0.3) is 0 Å². The van der Waals surface area contributed by atoms with Crippen LogP contribution in [0, 0.1) is 13.8 Å². The summed E-state index contributed by atoms with van der Waals surface area (Å²) in [5.41, 5.74) is 4.11. The van der Waals surface area contributed by atoms with E-state index in [-0.39, 0.29) is 0 Å². The van der Waals surface area contributed by atoms with E-state index in [2.05, 4.69) is 49.5 Å². The summed E-state index contributed by atoms with van der Waals surface area (Å²) in [4.78, 5) is 13.5. The van der Waals surface area contributed by atoms with Gasteiger partial charge in [-0.3, -0.25) is 0 Å². The van der Waals surface area contributed by atoms with Crippen LogP contribution in [0.4, 0.5) is 17.5 Å². The summed E-state index contributed by atoms with van der Waals surface area (Å²) in [5, 5.41) is 6.37. The topological polar surface area (TPSA) is 76.9 Å². The molecule has 7 nitrogen and oxygen atoms in total. The molecule has 0 spiro atoms. The lowest BCUT2D eigenvalue weighted by molar-refractivity contribution is 0.409. The highest BCUT2D eigenvalue weighted by molar-refractivity contribution is 5.58. The van der Waals surface area contributed by atoms with Crippen LogP contribution in [0.25, 0.3) is 0 Å². The molecule has 29 heavy (non-hydrogen) atoms. The molecule has 2 aromatic heterocycles. The van der Waals surface area contributed by atoms with Crippen molar-refractivity contribution in [1.82, 2.24) is 19.5 Å². The Hall–Kier alpha value is -3.09. The zero-order valence-corrected chi connectivity index (χ0v) is 17.9. The molecular weight excluding hydrogens is 364 g/mol. The molecule has 3 rings (SSSR count). The molecule has 0 radical (unpaired) electrons. The second-order valence-corrected chi connectivity index (χ2v) is 7.24. The average Bonchev–Trinajstić information content (AvgIpc) is 3.02. The first-order valence-electron chi connectivity index (χ1n) is 9.94. The van der Waals surface area contributed by atoms with Crippen LogP contribution in [0.5, 0.6) is 5.75 Å². The van der Waals surface area contributed by atoms with Crippen molar-refractivity contribution in [3.8, 4) is 5.75 Å². The second kappa shape index (κ2) is 9.41. The molecule has 0 aliphatic heterocycles. The van der Waals surface area contributed by atoms with Gasteiger partial charge in [-0.25, -0.2) is 9.97 Å². The number of hydrogen-bond acceptors (Lipinski definition) is 6. The van der Waals surface area contributed by atoms with Crippen molar-refractivity contribution >= 4 is 17.5 Å². The summed E-state index contributed by atoms with van der Waals surface area (Å²) in [6.07, 6.45) is 6.14. The zero-order chi connectivity index (χ0) is 20.8.